The number of carbonyl (C=O) groups is 2. The van der Waals surface area contributed by atoms with Crippen molar-refractivity contribution in [3.63, 3.8) is 0 Å². The minimum absolute atomic E-state index is 0.190. The number of thioether (sulfide) groups is 1. The molecule has 0 unspecified atom stereocenters. The fourth-order valence-corrected chi connectivity index (χ4v) is 5.00. The molecule has 4 aromatic rings. The van der Waals surface area contributed by atoms with Gasteiger partial charge < -0.3 is 10.1 Å². The Balaban J connectivity index is 1.54. The number of benzene rings is 2. The molecule has 0 spiro atoms. The summed E-state index contributed by atoms with van der Waals surface area (Å²) in [5.74, 6) is -0.426. The molecule has 0 saturated carbocycles. The Morgan fingerprint density at radius 2 is 1.87 bits per heavy atom. The molecule has 0 fully saturated rings. The number of pyridine rings is 1. The van der Waals surface area contributed by atoms with Gasteiger partial charge in [0.1, 0.15) is 10.6 Å². The first-order valence-electron chi connectivity index (χ1n) is 9.77. The van der Waals surface area contributed by atoms with Crippen LogP contribution >= 0.6 is 23.1 Å². The Kier molecular flexibility index (Phi) is 6.64. The lowest BCUT2D eigenvalue weighted by Gasteiger charge is -2.09. The van der Waals surface area contributed by atoms with Gasteiger partial charge in [-0.15, -0.1) is 23.1 Å². The fourth-order valence-electron chi connectivity index (χ4n) is 3.18. The fraction of sp³-hybridized carbons (Fsp3) is 0.125. The molecule has 0 aliphatic heterocycles. The minimum atomic E-state index is -0.441. The molecule has 0 aliphatic carbocycles. The Labute approximate surface area is 188 Å². The first kappa shape index (κ1) is 21.1. The molecule has 0 aliphatic rings. The first-order chi connectivity index (χ1) is 15.2. The quantitative estimate of drug-likeness (QED) is 0.283. The SMILES string of the molecule is CCOC(=O)c1c(-c2ccccc2)csc1NC(=O)CSc1cccc2cccnc12. The predicted molar refractivity (Wildman–Crippen MR) is 127 cm³/mol. The van der Waals surface area contributed by atoms with E-state index >= 15 is 0 Å². The standard InChI is InChI=1S/C24H20N2O3S2/c1-2-29-24(28)21-18(16-8-4-3-5-9-16)14-31-23(21)26-20(27)15-30-19-12-6-10-17-11-7-13-25-22(17)19/h3-14H,2,15H2,1H3,(H,26,27). The van der Waals surface area contributed by atoms with E-state index in [0.29, 0.717) is 10.6 Å². The lowest BCUT2D eigenvalue weighted by molar-refractivity contribution is -0.113. The number of fused-ring (bicyclic) bond motifs is 1. The first-order valence-corrected chi connectivity index (χ1v) is 11.6. The average Bonchev–Trinajstić information content (AvgIpc) is 3.22. The highest BCUT2D eigenvalue weighted by molar-refractivity contribution is 8.00. The van der Waals surface area contributed by atoms with E-state index in [1.165, 1.54) is 23.1 Å². The highest BCUT2D eigenvalue weighted by Gasteiger charge is 2.22. The molecule has 0 bridgehead atoms. The third-order valence-electron chi connectivity index (χ3n) is 4.56. The monoisotopic (exact) mass is 448 g/mol. The number of carbonyl (C=O) groups excluding carboxylic acids is 2. The van der Waals surface area contributed by atoms with Gasteiger partial charge in [0.2, 0.25) is 5.91 Å². The summed E-state index contributed by atoms with van der Waals surface area (Å²) < 4.78 is 5.25. The summed E-state index contributed by atoms with van der Waals surface area (Å²) in [4.78, 5) is 30.7. The summed E-state index contributed by atoms with van der Waals surface area (Å²) in [6, 6.07) is 19.4. The molecule has 0 atom stereocenters. The minimum Gasteiger partial charge on any atom is -0.462 e. The number of para-hydroxylation sites is 1. The Bertz CT molecular complexity index is 1220. The maximum absolute atomic E-state index is 12.7. The lowest BCUT2D eigenvalue weighted by Crippen LogP contribution is -2.16. The Morgan fingerprint density at radius 3 is 2.68 bits per heavy atom. The van der Waals surface area contributed by atoms with Crippen LogP contribution in [0.4, 0.5) is 5.00 Å². The highest BCUT2D eigenvalue weighted by Crippen LogP contribution is 2.36. The summed E-state index contributed by atoms with van der Waals surface area (Å²) in [7, 11) is 0. The second-order valence-electron chi connectivity index (χ2n) is 6.61. The van der Waals surface area contributed by atoms with Crippen LogP contribution in [0.5, 0.6) is 0 Å². The predicted octanol–water partition coefficient (Wildman–Crippen LogP) is 5.87. The number of hydrogen-bond donors (Lipinski definition) is 1. The number of ether oxygens (including phenoxy) is 1. The maximum atomic E-state index is 12.7. The molecular weight excluding hydrogens is 428 g/mol. The number of nitrogens with one attached hydrogen (secondary N) is 1. The van der Waals surface area contributed by atoms with Crippen molar-refractivity contribution in [2.75, 3.05) is 17.7 Å². The molecule has 0 saturated heterocycles. The highest BCUT2D eigenvalue weighted by atomic mass is 32.2. The normalized spacial score (nSPS) is 10.7. The van der Waals surface area contributed by atoms with Crippen LogP contribution in [0.25, 0.3) is 22.0 Å². The molecule has 4 rings (SSSR count). The van der Waals surface area contributed by atoms with E-state index in [0.717, 1.165) is 26.9 Å². The van der Waals surface area contributed by atoms with Gasteiger partial charge in [0.05, 0.1) is 17.9 Å². The van der Waals surface area contributed by atoms with Gasteiger partial charge in [0, 0.05) is 27.4 Å². The van der Waals surface area contributed by atoms with Crippen molar-refractivity contribution in [1.29, 1.82) is 0 Å². The van der Waals surface area contributed by atoms with Crippen LogP contribution in [0.3, 0.4) is 0 Å². The van der Waals surface area contributed by atoms with E-state index in [1.807, 2.05) is 66.0 Å². The second-order valence-corrected chi connectivity index (χ2v) is 8.50. The average molecular weight is 449 g/mol. The van der Waals surface area contributed by atoms with Gasteiger partial charge in [0.15, 0.2) is 0 Å². The third-order valence-corrected chi connectivity index (χ3v) is 6.51. The van der Waals surface area contributed by atoms with Gasteiger partial charge in [0.25, 0.3) is 0 Å². The van der Waals surface area contributed by atoms with E-state index in [9.17, 15) is 9.59 Å². The van der Waals surface area contributed by atoms with Crippen molar-refractivity contribution in [2.45, 2.75) is 11.8 Å². The summed E-state index contributed by atoms with van der Waals surface area (Å²) in [6.45, 7) is 2.03. The van der Waals surface area contributed by atoms with Crippen LogP contribution in [0.15, 0.2) is 77.1 Å². The zero-order valence-corrected chi connectivity index (χ0v) is 18.5. The number of rotatable bonds is 7. The molecule has 2 aromatic carbocycles. The molecule has 1 amide bonds. The lowest BCUT2D eigenvalue weighted by atomic mass is 10.0. The summed E-state index contributed by atoms with van der Waals surface area (Å²) in [6.07, 6.45) is 1.74. The van der Waals surface area contributed by atoms with Crippen molar-refractivity contribution in [2.24, 2.45) is 0 Å². The number of amides is 1. The topological polar surface area (TPSA) is 68.3 Å². The van der Waals surface area contributed by atoms with Gasteiger partial charge in [-0.3, -0.25) is 9.78 Å². The number of thiophene rings is 1. The molecule has 1 N–H and O–H groups in total. The van der Waals surface area contributed by atoms with E-state index in [2.05, 4.69) is 10.3 Å². The van der Waals surface area contributed by atoms with Gasteiger partial charge in [-0.25, -0.2) is 4.79 Å². The summed E-state index contributed by atoms with van der Waals surface area (Å²) in [5, 5.41) is 6.30. The van der Waals surface area contributed by atoms with E-state index in [4.69, 9.17) is 4.74 Å². The van der Waals surface area contributed by atoms with Crippen LogP contribution in [0, 0.1) is 0 Å². The largest absolute Gasteiger partial charge is 0.462 e. The summed E-state index contributed by atoms with van der Waals surface area (Å²) >= 11 is 2.74. The van der Waals surface area contributed by atoms with E-state index in [-0.39, 0.29) is 18.3 Å². The molecular formula is C24H20N2O3S2. The number of hydrogen-bond acceptors (Lipinski definition) is 6. The van der Waals surface area contributed by atoms with Gasteiger partial charge in [-0.05, 0) is 24.6 Å². The van der Waals surface area contributed by atoms with Gasteiger partial charge >= 0.3 is 5.97 Å². The van der Waals surface area contributed by atoms with Crippen molar-refractivity contribution in [3.05, 3.63) is 77.8 Å². The van der Waals surface area contributed by atoms with Crippen molar-refractivity contribution in [1.82, 2.24) is 4.98 Å². The Hall–Kier alpha value is -3.16. The molecule has 2 aromatic heterocycles. The van der Waals surface area contributed by atoms with Crippen LogP contribution in [-0.2, 0) is 9.53 Å². The number of nitrogens with zero attached hydrogens (tertiary/aromatic N) is 1. The van der Waals surface area contributed by atoms with E-state index < -0.39 is 5.97 Å². The van der Waals surface area contributed by atoms with Crippen molar-refractivity contribution < 1.29 is 14.3 Å². The maximum Gasteiger partial charge on any atom is 0.341 e. The number of esters is 1. The zero-order valence-electron chi connectivity index (χ0n) is 16.8. The van der Waals surface area contributed by atoms with Crippen LogP contribution in [0.2, 0.25) is 0 Å². The smallest absolute Gasteiger partial charge is 0.341 e. The van der Waals surface area contributed by atoms with Crippen LogP contribution < -0.4 is 5.32 Å². The molecule has 5 nitrogen and oxygen atoms in total. The van der Waals surface area contributed by atoms with Gasteiger partial charge in [-0.1, -0.05) is 48.5 Å². The van der Waals surface area contributed by atoms with Crippen molar-refractivity contribution >= 4 is 50.9 Å². The van der Waals surface area contributed by atoms with Crippen LogP contribution in [-0.4, -0.2) is 29.2 Å². The van der Waals surface area contributed by atoms with Crippen LogP contribution in [0.1, 0.15) is 17.3 Å². The molecule has 31 heavy (non-hydrogen) atoms. The second kappa shape index (κ2) is 9.76. The third kappa shape index (κ3) is 4.78. The van der Waals surface area contributed by atoms with E-state index in [1.54, 1.807) is 13.1 Å². The summed E-state index contributed by atoms with van der Waals surface area (Å²) in [5.41, 5.74) is 2.92. The molecule has 156 valence electrons. The van der Waals surface area contributed by atoms with Gasteiger partial charge in [-0.2, -0.15) is 0 Å². The molecule has 2 heterocycles. The number of aromatic nitrogens is 1. The number of anilines is 1. The molecule has 0 radical (unpaired) electrons. The molecule has 7 heteroatoms. The zero-order chi connectivity index (χ0) is 21.6. The Morgan fingerprint density at radius 1 is 1.06 bits per heavy atom. The van der Waals surface area contributed by atoms with Crippen molar-refractivity contribution in [3.8, 4) is 11.1 Å².